The third kappa shape index (κ3) is 4.45. The lowest BCUT2D eigenvalue weighted by Crippen LogP contribution is -2.57. The van der Waals surface area contributed by atoms with E-state index in [1.165, 1.54) is 4.90 Å². The third-order valence-corrected chi connectivity index (χ3v) is 4.18. The van der Waals surface area contributed by atoms with E-state index in [1.54, 1.807) is 13.8 Å². The Bertz CT molecular complexity index is 416. The number of amides is 2. The first kappa shape index (κ1) is 18.9. The van der Waals surface area contributed by atoms with E-state index in [1.807, 2.05) is 0 Å². The largest absolute Gasteiger partial charge is 0.446 e. The Hall–Kier alpha value is -1.10. The third-order valence-electron chi connectivity index (χ3n) is 4.18. The van der Waals surface area contributed by atoms with Crippen LogP contribution < -0.4 is 0 Å². The van der Waals surface area contributed by atoms with Crippen LogP contribution in [0.25, 0.3) is 0 Å². The zero-order valence-corrected chi connectivity index (χ0v) is 15.2. The Balaban J connectivity index is 3.06. The lowest BCUT2D eigenvalue weighted by atomic mass is 9.91. The predicted octanol–water partition coefficient (Wildman–Crippen LogP) is 3.42. The van der Waals surface area contributed by atoms with Crippen LogP contribution >= 0.6 is 0 Å². The smallest absolute Gasteiger partial charge is 0.416 e. The van der Waals surface area contributed by atoms with Gasteiger partial charge in [-0.1, -0.05) is 13.3 Å². The molecule has 1 aliphatic heterocycles. The fourth-order valence-electron chi connectivity index (χ4n) is 3.29. The van der Waals surface area contributed by atoms with Gasteiger partial charge in [0, 0.05) is 24.0 Å². The van der Waals surface area contributed by atoms with Crippen LogP contribution in [0.2, 0.25) is 0 Å². The van der Waals surface area contributed by atoms with Gasteiger partial charge in [0.2, 0.25) is 5.91 Å². The van der Waals surface area contributed by atoms with Gasteiger partial charge in [0.25, 0.3) is 0 Å². The summed E-state index contributed by atoms with van der Waals surface area (Å²) >= 11 is 0. The zero-order valence-electron chi connectivity index (χ0n) is 15.2. The van der Waals surface area contributed by atoms with Crippen molar-refractivity contribution in [2.45, 2.75) is 84.9 Å². The van der Waals surface area contributed by atoms with E-state index in [0.717, 1.165) is 19.4 Å². The number of rotatable bonds is 4. The van der Waals surface area contributed by atoms with Crippen LogP contribution in [-0.4, -0.2) is 52.1 Å². The van der Waals surface area contributed by atoms with E-state index in [9.17, 15) is 9.59 Å². The van der Waals surface area contributed by atoms with Crippen LogP contribution in [0.3, 0.4) is 0 Å². The van der Waals surface area contributed by atoms with E-state index in [-0.39, 0.29) is 23.1 Å². The molecule has 0 aliphatic carbocycles. The maximum Gasteiger partial charge on any atom is 0.416 e. The van der Waals surface area contributed by atoms with Crippen LogP contribution in [0.15, 0.2) is 0 Å². The summed E-state index contributed by atoms with van der Waals surface area (Å²) in [4.78, 5) is 28.5. The number of imide groups is 1. The van der Waals surface area contributed by atoms with Gasteiger partial charge in [-0.2, -0.15) is 0 Å². The molecule has 0 radical (unpaired) electrons. The van der Waals surface area contributed by atoms with Crippen molar-refractivity contribution in [1.29, 1.82) is 0 Å². The zero-order chi connectivity index (χ0) is 17.1. The molecule has 22 heavy (non-hydrogen) atoms. The molecule has 0 bridgehead atoms. The van der Waals surface area contributed by atoms with E-state index < -0.39 is 6.09 Å². The molecular weight excluding hydrogens is 280 g/mol. The van der Waals surface area contributed by atoms with Crippen molar-refractivity contribution in [3.63, 3.8) is 0 Å². The Morgan fingerprint density at radius 2 is 1.82 bits per heavy atom. The number of hydrogen-bond acceptors (Lipinski definition) is 4. The molecule has 1 rings (SSSR count). The molecular formula is C17H32N2O3. The van der Waals surface area contributed by atoms with Gasteiger partial charge in [-0.3, -0.25) is 9.69 Å². The van der Waals surface area contributed by atoms with Gasteiger partial charge in [-0.25, -0.2) is 9.69 Å². The van der Waals surface area contributed by atoms with Crippen molar-refractivity contribution in [3.8, 4) is 0 Å². The molecule has 0 aromatic heterocycles. The van der Waals surface area contributed by atoms with Crippen LogP contribution in [0.4, 0.5) is 4.79 Å². The van der Waals surface area contributed by atoms with Crippen molar-refractivity contribution in [1.82, 2.24) is 9.80 Å². The molecule has 0 spiro atoms. The molecule has 1 fully saturated rings. The molecule has 5 nitrogen and oxygen atoms in total. The number of hydrogen-bond donors (Lipinski definition) is 0. The highest BCUT2D eigenvalue weighted by atomic mass is 16.6. The van der Waals surface area contributed by atoms with Crippen LogP contribution in [-0.2, 0) is 9.53 Å². The lowest BCUT2D eigenvalue weighted by Gasteiger charge is -2.46. The Kier molecular flexibility index (Phi) is 6.02. The van der Waals surface area contributed by atoms with Crippen LogP contribution in [0, 0.1) is 0 Å². The van der Waals surface area contributed by atoms with E-state index in [0.29, 0.717) is 13.0 Å². The fraction of sp³-hybridized carbons (Fsp3) is 0.882. The molecule has 2 amide bonds. The molecule has 0 atom stereocenters. The van der Waals surface area contributed by atoms with Crippen LogP contribution in [0.1, 0.15) is 67.7 Å². The molecule has 128 valence electrons. The minimum Gasteiger partial charge on any atom is -0.446 e. The molecule has 0 saturated carbocycles. The molecule has 0 aromatic carbocycles. The summed E-state index contributed by atoms with van der Waals surface area (Å²) in [5.74, 6) is -0.150. The Morgan fingerprint density at radius 1 is 1.23 bits per heavy atom. The second kappa shape index (κ2) is 6.99. The van der Waals surface area contributed by atoms with Gasteiger partial charge in [0.1, 0.15) is 0 Å². The second-order valence-corrected chi connectivity index (χ2v) is 7.72. The molecule has 0 aromatic rings. The SMILES string of the molecule is CCCCN1C(C)(C)CC(=O)N(C(=O)OC(C)C)CC1(C)C. The van der Waals surface area contributed by atoms with Gasteiger partial charge in [0.15, 0.2) is 0 Å². The summed E-state index contributed by atoms with van der Waals surface area (Å²) in [7, 11) is 0. The first-order valence-corrected chi connectivity index (χ1v) is 8.30. The van der Waals surface area contributed by atoms with Crippen molar-refractivity contribution in [2.24, 2.45) is 0 Å². The minimum atomic E-state index is -0.527. The van der Waals surface area contributed by atoms with Crippen molar-refractivity contribution in [3.05, 3.63) is 0 Å². The van der Waals surface area contributed by atoms with Crippen molar-refractivity contribution >= 4 is 12.0 Å². The maximum atomic E-state index is 12.6. The Morgan fingerprint density at radius 3 is 2.32 bits per heavy atom. The normalized spacial score (nSPS) is 21.8. The number of unbranched alkanes of at least 4 members (excludes halogenated alkanes) is 1. The first-order chi connectivity index (χ1) is 10.0. The fourth-order valence-corrected chi connectivity index (χ4v) is 3.29. The highest BCUT2D eigenvalue weighted by Crippen LogP contribution is 2.33. The predicted molar refractivity (Wildman–Crippen MR) is 87.7 cm³/mol. The molecule has 0 N–H and O–H groups in total. The topological polar surface area (TPSA) is 49.9 Å². The number of nitrogens with zero attached hydrogens (tertiary/aromatic N) is 2. The average molecular weight is 312 g/mol. The quantitative estimate of drug-likeness (QED) is 0.798. The van der Waals surface area contributed by atoms with Gasteiger partial charge < -0.3 is 4.74 Å². The lowest BCUT2D eigenvalue weighted by molar-refractivity contribution is -0.130. The van der Waals surface area contributed by atoms with Gasteiger partial charge in [0.05, 0.1) is 6.10 Å². The first-order valence-electron chi connectivity index (χ1n) is 8.30. The summed E-state index contributed by atoms with van der Waals surface area (Å²) < 4.78 is 5.24. The minimum absolute atomic E-state index is 0.150. The summed E-state index contributed by atoms with van der Waals surface area (Å²) in [6.07, 6.45) is 1.76. The van der Waals surface area contributed by atoms with Gasteiger partial charge in [-0.05, 0) is 54.5 Å². The van der Waals surface area contributed by atoms with E-state index in [2.05, 4.69) is 39.5 Å². The number of carbonyl (C=O) groups excluding carboxylic acids is 2. The Labute approximate surface area is 135 Å². The summed E-state index contributed by atoms with van der Waals surface area (Å²) in [5.41, 5.74) is -0.552. The average Bonchev–Trinajstić information content (AvgIpc) is 2.39. The highest BCUT2D eigenvalue weighted by Gasteiger charge is 2.46. The molecule has 1 heterocycles. The highest BCUT2D eigenvalue weighted by molar-refractivity contribution is 5.93. The molecule has 1 saturated heterocycles. The molecule has 0 unspecified atom stereocenters. The van der Waals surface area contributed by atoms with Gasteiger partial charge in [-0.15, -0.1) is 0 Å². The van der Waals surface area contributed by atoms with Gasteiger partial charge >= 0.3 is 6.09 Å². The summed E-state index contributed by atoms with van der Waals surface area (Å²) in [5, 5.41) is 0. The van der Waals surface area contributed by atoms with E-state index in [4.69, 9.17) is 4.74 Å². The number of carbonyl (C=O) groups is 2. The molecule has 5 heteroatoms. The second-order valence-electron chi connectivity index (χ2n) is 7.72. The monoisotopic (exact) mass is 312 g/mol. The van der Waals surface area contributed by atoms with Crippen molar-refractivity contribution in [2.75, 3.05) is 13.1 Å². The van der Waals surface area contributed by atoms with Crippen LogP contribution in [0.5, 0.6) is 0 Å². The summed E-state index contributed by atoms with van der Waals surface area (Å²) in [6, 6.07) is 0. The standard InChI is InChI=1S/C17H32N2O3/c1-8-9-10-19-16(4,5)11-14(20)18(12-17(19,6)7)15(21)22-13(2)3/h13H,8-12H2,1-7H3. The maximum absolute atomic E-state index is 12.6. The summed E-state index contributed by atoms with van der Waals surface area (Å²) in [6.45, 7) is 15.4. The van der Waals surface area contributed by atoms with Crippen molar-refractivity contribution < 1.29 is 14.3 Å². The van der Waals surface area contributed by atoms with E-state index >= 15 is 0 Å². The molecule has 1 aliphatic rings. The number of ether oxygens (including phenoxy) is 1.